The number of benzene rings is 3. The minimum absolute atomic E-state index is 0.0217. The molecule has 1 saturated carbocycles. The molecule has 9 rings (SSSR count). The van der Waals surface area contributed by atoms with E-state index >= 15 is 0 Å². The van der Waals surface area contributed by atoms with Crippen LogP contribution in [0.15, 0.2) is 97.2 Å². The number of imide groups is 2. The Morgan fingerprint density at radius 3 is 2.43 bits per heavy atom. The van der Waals surface area contributed by atoms with Crippen molar-refractivity contribution < 1.29 is 24.0 Å². The van der Waals surface area contributed by atoms with Crippen molar-refractivity contribution in [3.8, 4) is 28.3 Å². The van der Waals surface area contributed by atoms with Gasteiger partial charge in [-0.3, -0.25) is 38.8 Å². The number of primary amides is 1. The van der Waals surface area contributed by atoms with E-state index in [1.54, 1.807) is 24.4 Å². The number of fused-ring (bicyclic) bond motifs is 2. The van der Waals surface area contributed by atoms with Gasteiger partial charge in [0.1, 0.15) is 17.4 Å². The molecule has 308 valence electrons. The highest BCUT2D eigenvalue weighted by molar-refractivity contribution is 6.25. The highest BCUT2D eigenvalue weighted by Crippen LogP contribution is 2.40. The molecule has 3 aromatic heterocycles. The third kappa shape index (κ3) is 7.37. The number of nitrogens with one attached hydrogen (secondary N) is 2. The van der Waals surface area contributed by atoms with Gasteiger partial charge in [0.25, 0.3) is 11.8 Å². The smallest absolute Gasteiger partial charge is 0.264 e. The molecule has 0 radical (unpaired) electrons. The second kappa shape index (κ2) is 15.7. The van der Waals surface area contributed by atoms with Crippen LogP contribution in [0.5, 0.6) is 0 Å². The van der Waals surface area contributed by atoms with Crippen LogP contribution in [-0.4, -0.2) is 66.0 Å². The van der Waals surface area contributed by atoms with Gasteiger partial charge < -0.3 is 22.5 Å². The number of carbonyl (C=O) groups is 5. The lowest BCUT2D eigenvalue weighted by Crippen LogP contribution is -2.54. The summed E-state index contributed by atoms with van der Waals surface area (Å²) < 4.78 is 2.00. The zero-order chi connectivity index (χ0) is 42.4. The molecule has 2 atom stereocenters. The molecule has 3 aromatic carbocycles. The molecule has 0 bridgehead atoms. The third-order valence-corrected chi connectivity index (χ3v) is 12.1. The number of piperidine rings is 1. The minimum Gasteiger partial charge on any atom is -0.383 e. The number of imidazole rings is 1. The number of carbonyl (C=O) groups excluding carboxylic acids is 5. The predicted molar refractivity (Wildman–Crippen MR) is 229 cm³/mol. The number of aromatic nitrogens is 4. The summed E-state index contributed by atoms with van der Waals surface area (Å²) in [5.41, 5.74) is 25.7. The normalized spacial score (nSPS) is 17.5. The maximum atomic E-state index is 13.8. The summed E-state index contributed by atoms with van der Waals surface area (Å²) in [5, 5.41) is 5.65. The Morgan fingerprint density at radius 1 is 0.902 bits per heavy atom. The zero-order valence-electron chi connectivity index (χ0n) is 33.3. The molecule has 5 heterocycles. The Bertz CT molecular complexity index is 2760. The summed E-state index contributed by atoms with van der Waals surface area (Å²) >= 11 is 0. The van der Waals surface area contributed by atoms with Crippen LogP contribution in [0.3, 0.4) is 0 Å². The highest BCUT2D eigenvalue weighted by Gasteiger charge is 2.45. The van der Waals surface area contributed by atoms with Gasteiger partial charge in [-0.2, -0.15) is 0 Å². The Morgan fingerprint density at radius 2 is 1.69 bits per heavy atom. The van der Waals surface area contributed by atoms with Gasteiger partial charge >= 0.3 is 0 Å². The molecule has 61 heavy (non-hydrogen) atoms. The quantitative estimate of drug-likeness (QED) is 0.0957. The molecule has 2 unspecified atom stereocenters. The standard InChI is InChI=1S/C46H44N10O5/c47-37(57)20-14-29(51-34-9-2-7-31-39(34)45(61)56(44(31)60)36-19-21-38(58)54-43(36)59)13-10-26-5-1-6-27(25-26)33-17-18-35-42(52-33)55(41(53-35)32-8-3-24-50-40(32)48)30-15-11-28(12-16-30)46(49)22-4-23-46/h1-3,5-9,11-12,15-18,24-25,29,36,51H,4,10,13-14,19-23,49H2,(H2,47,57)(H2,48,50)(H,54,58,59). The van der Waals surface area contributed by atoms with E-state index in [2.05, 4.69) is 33.8 Å². The Kier molecular flexibility index (Phi) is 10.1. The van der Waals surface area contributed by atoms with Gasteiger partial charge in [0, 0.05) is 47.6 Å². The third-order valence-electron chi connectivity index (χ3n) is 12.1. The van der Waals surface area contributed by atoms with Gasteiger partial charge in [0.15, 0.2) is 11.5 Å². The number of nitrogens with two attached hydrogens (primary N) is 3. The van der Waals surface area contributed by atoms with Crippen LogP contribution >= 0.6 is 0 Å². The average Bonchev–Trinajstić information content (AvgIpc) is 3.75. The van der Waals surface area contributed by atoms with Crippen molar-refractivity contribution in [1.82, 2.24) is 29.7 Å². The number of aryl methyl sites for hydroxylation is 1. The summed E-state index contributed by atoms with van der Waals surface area (Å²) in [4.78, 5) is 79.1. The van der Waals surface area contributed by atoms with Crippen molar-refractivity contribution in [1.29, 1.82) is 0 Å². The second-order valence-corrected chi connectivity index (χ2v) is 16.1. The molecule has 2 fully saturated rings. The first kappa shape index (κ1) is 39.2. The summed E-state index contributed by atoms with van der Waals surface area (Å²) in [6, 6.07) is 27.4. The van der Waals surface area contributed by atoms with Crippen LogP contribution < -0.4 is 27.8 Å². The minimum atomic E-state index is -1.09. The average molecular weight is 817 g/mol. The zero-order valence-corrected chi connectivity index (χ0v) is 33.3. The Balaban J connectivity index is 0.988. The van der Waals surface area contributed by atoms with E-state index in [-0.39, 0.29) is 42.0 Å². The molecular weight excluding hydrogens is 773 g/mol. The van der Waals surface area contributed by atoms with Crippen LogP contribution in [-0.2, 0) is 26.3 Å². The largest absolute Gasteiger partial charge is 0.383 e. The maximum Gasteiger partial charge on any atom is 0.264 e. The predicted octanol–water partition coefficient (Wildman–Crippen LogP) is 5.15. The summed E-state index contributed by atoms with van der Waals surface area (Å²) in [6.07, 6.45) is 6.36. The fraction of sp³-hybridized carbons (Fsp3) is 0.261. The number of hydrogen-bond donors (Lipinski definition) is 5. The lowest BCUT2D eigenvalue weighted by molar-refractivity contribution is -0.136. The number of pyridine rings is 2. The first-order chi connectivity index (χ1) is 29.5. The summed E-state index contributed by atoms with van der Waals surface area (Å²) in [7, 11) is 0. The van der Waals surface area contributed by atoms with Crippen LogP contribution in [0, 0.1) is 0 Å². The van der Waals surface area contributed by atoms with Crippen molar-refractivity contribution >= 4 is 52.2 Å². The maximum absolute atomic E-state index is 13.8. The molecule has 0 spiro atoms. The highest BCUT2D eigenvalue weighted by atomic mass is 16.2. The molecule has 15 nitrogen and oxygen atoms in total. The SMILES string of the molecule is NC(=O)CCC(CCc1cccc(-c2ccc3nc(-c4cccnc4N)n(-c4ccc(C5(N)CCC5)cc4)c3n2)c1)Nc1cccc2c1C(=O)N(C1CCC(=O)NC1=O)C2=O. The van der Waals surface area contributed by atoms with Gasteiger partial charge in [0.2, 0.25) is 17.7 Å². The number of nitrogens with zero attached hydrogens (tertiary/aromatic N) is 5. The first-order valence-corrected chi connectivity index (χ1v) is 20.5. The molecule has 3 aliphatic rings. The van der Waals surface area contributed by atoms with E-state index in [1.165, 1.54) is 0 Å². The van der Waals surface area contributed by atoms with Crippen molar-refractivity contribution in [3.05, 3.63) is 119 Å². The van der Waals surface area contributed by atoms with Gasteiger partial charge in [-0.15, -0.1) is 0 Å². The van der Waals surface area contributed by atoms with E-state index in [9.17, 15) is 24.0 Å². The molecular formula is C46H44N10O5. The molecule has 1 saturated heterocycles. The number of rotatable bonds is 13. The lowest BCUT2D eigenvalue weighted by atomic mass is 9.73. The van der Waals surface area contributed by atoms with Crippen LogP contribution in [0.25, 0.3) is 39.5 Å². The van der Waals surface area contributed by atoms with Crippen molar-refractivity contribution in [2.45, 2.75) is 75.4 Å². The van der Waals surface area contributed by atoms with Crippen molar-refractivity contribution in [2.75, 3.05) is 11.1 Å². The fourth-order valence-electron chi connectivity index (χ4n) is 8.63. The molecule has 8 N–H and O–H groups in total. The number of amides is 5. The molecule has 6 aromatic rings. The van der Waals surface area contributed by atoms with Crippen LogP contribution in [0.2, 0.25) is 0 Å². The van der Waals surface area contributed by atoms with Crippen LogP contribution in [0.1, 0.15) is 83.2 Å². The number of nitrogen functional groups attached to an aromatic ring is 1. The fourth-order valence-corrected chi connectivity index (χ4v) is 8.63. The van der Waals surface area contributed by atoms with Gasteiger partial charge in [0.05, 0.1) is 22.4 Å². The van der Waals surface area contributed by atoms with Crippen molar-refractivity contribution in [3.63, 3.8) is 0 Å². The van der Waals surface area contributed by atoms with E-state index in [1.807, 2.05) is 59.2 Å². The van der Waals surface area contributed by atoms with E-state index < -0.39 is 35.6 Å². The number of hydrogen-bond acceptors (Lipinski definition) is 11. The molecule has 15 heteroatoms. The Hall–Kier alpha value is -7.26. The molecule has 5 amide bonds. The van der Waals surface area contributed by atoms with E-state index in [0.29, 0.717) is 53.3 Å². The molecule has 1 aliphatic carbocycles. The monoisotopic (exact) mass is 816 g/mol. The van der Waals surface area contributed by atoms with Gasteiger partial charge in [-0.1, -0.05) is 36.4 Å². The van der Waals surface area contributed by atoms with Crippen molar-refractivity contribution in [2.24, 2.45) is 11.5 Å². The molecule has 2 aliphatic heterocycles. The summed E-state index contributed by atoms with van der Waals surface area (Å²) in [6.45, 7) is 0. The van der Waals surface area contributed by atoms with E-state index in [0.717, 1.165) is 52.2 Å². The summed E-state index contributed by atoms with van der Waals surface area (Å²) in [5.74, 6) is -1.82. The topological polar surface area (TPSA) is 234 Å². The lowest BCUT2D eigenvalue weighted by Gasteiger charge is -2.38. The van der Waals surface area contributed by atoms with E-state index in [4.69, 9.17) is 27.2 Å². The number of anilines is 2. The van der Waals surface area contributed by atoms with Gasteiger partial charge in [-0.05, 0) is 111 Å². The van der Waals surface area contributed by atoms with Gasteiger partial charge in [-0.25, -0.2) is 15.0 Å². The van der Waals surface area contributed by atoms with Crippen LogP contribution in [0.4, 0.5) is 11.5 Å². The second-order valence-electron chi connectivity index (χ2n) is 16.1. The Labute approximate surface area is 350 Å². The first-order valence-electron chi connectivity index (χ1n) is 20.5.